The quantitative estimate of drug-likeness (QED) is 0.481. The van der Waals surface area contributed by atoms with Crippen LogP contribution in [0, 0.1) is 23.7 Å². The third-order valence-electron chi connectivity index (χ3n) is 3.85. The van der Waals surface area contributed by atoms with Gasteiger partial charge in [0.25, 0.3) is 0 Å². The molecule has 0 N–H and O–H groups in total. The van der Waals surface area contributed by atoms with Gasteiger partial charge in [0, 0.05) is 0 Å². The Bertz CT molecular complexity index is 117. The first-order valence-electron chi connectivity index (χ1n) is 9.20. The second kappa shape index (κ2) is 23.1. The van der Waals surface area contributed by atoms with E-state index in [2.05, 4.69) is 27.7 Å². The van der Waals surface area contributed by atoms with Crippen LogP contribution in [0.25, 0.3) is 0 Å². The summed E-state index contributed by atoms with van der Waals surface area (Å²) in [5.74, 6) is 4.01. The van der Waals surface area contributed by atoms with Crippen LogP contribution in [0.15, 0.2) is 0 Å². The zero-order chi connectivity index (χ0) is 16.4. The van der Waals surface area contributed by atoms with Crippen LogP contribution in [0.5, 0.6) is 0 Å². The Morgan fingerprint density at radius 2 is 1.05 bits per heavy atom. The van der Waals surface area contributed by atoms with E-state index in [1.54, 1.807) is 0 Å². The number of hydrogen-bond acceptors (Lipinski definition) is 0. The van der Waals surface area contributed by atoms with E-state index >= 15 is 0 Å². The van der Waals surface area contributed by atoms with Crippen molar-refractivity contribution in [2.75, 3.05) is 0 Å². The molecule has 19 heavy (non-hydrogen) atoms. The average Bonchev–Trinajstić information content (AvgIpc) is 2.81. The van der Waals surface area contributed by atoms with Crippen molar-refractivity contribution < 1.29 is 0 Å². The largest absolute Gasteiger partial charge is 0.0683 e. The summed E-state index contributed by atoms with van der Waals surface area (Å²) in [6.45, 7) is 25.6. The smallest absolute Gasteiger partial charge is 0.0360 e. The molecule has 122 valence electrons. The molecule has 1 aliphatic rings. The minimum absolute atomic E-state index is 0.977. The molecule has 0 bridgehead atoms. The summed E-state index contributed by atoms with van der Waals surface area (Å²) in [4.78, 5) is 0. The first-order chi connectivity index (χ1) is 9.20. The van der Waals surface area contributed by atoms with E-state index < -0.39 is 0 Å². The normalized spacial score (nSPS) is 27.2. The van der Waals surface area contributed by atoms with E-state index in [9.17, 15) is 0 Å². The van der Waals surface area contributed by atoms with Gasteiger partial charge in [-0.15, -0.1) is 0 Å². The van der Waals surface area contributed by atoms with E-state index in [1.807, 2.05) is 55.4 Å². The summed E-state index contributed by atoms with van der Waals surface area (Å²) in [6, 6.07) is 0. The second-order valence-corrected chi connectivity index (χ2v) is 4.31. The van der Waals surface area contributed by atoms with E-state index in [-0.39, 0.29) is 0 Å². The Labute approximate surface area is 126 Å². The van der Waals surface area contributed by atoms with Gasteiger partial charge in [-0.05, 0) is 30.1 Å². The van der Waals surface area contributed by atoms with Crippen LogP contribution in [0.2, 0.25) is 0 Å². The molecule has 0 heteroatoms. The predicted molar refractivity (Wildman–Crippen MR) is 95.9 cm³/mol. The summed E-state index contributed by atoms with van der Waals surface area (Å²) in [5, 5.41) is 0. The maximum atomic E-state index is 2.44. The molecular formula is C19H46. The maximum absolute atomic E-state index is 2.44. The molecule has 4 atom stereocenters. The van der Waals surface area contributed by atoms with Crippen molar-refractivity contribution >= 4 is 0 Å². The molecule has 1 saturated carbocycles. The molecule has 1 rings (SSSR count). The molecule has 0 aromatic carbocycles. The molecule has 1 fully saturated rings. The van der Waals surface area contributed by atoms with Crippen LogP contribution in [0.1, 0.15) is 102 Å². The van der Waals surface area contributed by atoms with E-state index in [0.717, 1.165) is 23.7 Å². The van der Waals surface area contributed by atoms with Crippen LogP contribution < -0.4 is 0 Å². The van der Waals surface area contributed by atoms with Crippen molar-refractivity contribution in [3.63, 3.8) is 0 Å². The maximum Gasteiger partial charge on any atom is -0.0360 e. The van der Waals surface area contributed by atoms with Crippen LogP contribution in [-0.2, 0) is 0 Å². The van der Waals surface area contributed by atoms with Crippen LogP contribution in [0.4, 0.5) is 0 Å². The molecule has 0 radical (unpaired) electrons. The number of rotatable bonds is 2. The monoisotopic (exact) mass is 274 g/mol. The lowest BCUT2D eigenvalue weighted by Crippen LogP contribution is -2.12. The molecule has 0 spiro atoms. The molecular weight excluding hydrogens is 228 g/mol. The van der Waals surface area contributed by atoms with Gasteiger partial charge >= 0.3 is 0 Å². The first kappa shape index (κ1) is 27.4. The predicted octanol–water partition coefficient (Wildman–Crippen LogP) is 7.82. The van der Waals surface area contributed by atoms with Crippen molar-refractivity contribution in [2.45, 2.75) is 102 Å². The lowest BCUT2D eigenvalue weighted by atomic mass is 9.86. The van der Waals surface area contributed by atoms with Gasteiger partial charge in [0.05, 0.1) is 0 Å². The van der Waals surface area contributed by atoms with Crippen molar-refractivity contribution in [1.29, 1.82) is 0 Å². The molecule has 1 aliphatic carbocycles. The zero-order valence-electron chi connectivity index (χ0n) is 16.4. The van der Waals surface area contributed by atoms with Gasteiger partial charge in [-0.25, -0.2) is 0 Å². The lowest BCUT2D eigenvalue weighted by molar-refractivity contribution is 0.296. The van der Waals surface area contributed by atoms with Crippen molar-refractivity contribution in [3.05, 3.63) is 0 Å². The molecule has 0 aromatic rings. The highest BCUT2D eigenvalue weighted by molar-refractivity contribution is 4.85. The van der Waals surface area contributed by atoms with Crippen LogP contribution >= 0.6 is 0 Å². The Morgan fingerprint density at radius 3 is 1.26 bits per heavy atom. The van der Waals surface area contributed by atoms with Crippen LogP contribution in [0.3, 0.4) is 0 Å². The van der Waals surface area contributed by atoms with Gasteiger partial charge in [-0.3, -0.25) is 0 Å². The topological polar surface area (TPSA) is 0 Å². The Balaban J connectivity index is -0.000000121. The molecule has 0 aromatic heterocycles. The fourth-order valence-corrected chi connectivity index (χ4v) is 2.89. The fraction of sp³-hybridized carbons (Fsp3) is 1.00. The molecule has 0 nitrogen and oxygen atoms in total. The summed E-state index contributed by atoms with van der Waals surface area (Å²) in [7, 11) is 0. The SMILES string of the molecule is CC.CC.CC.CC.CCC1CC(C)C(C)C1CC. The van der Waals surface area contributed by atoms with Crippen LogP contribution in [-0.4, -0.2) is 0 Å². The highest BCUT2D eigenvalue weighted by atomic mass is 14.4. The summed E-state index contributed by atoms with van der Waals surface area (Å²) >= 11 is 0. The summed E-state index contributed by atoms with van der Waals surface area (Å²) in [6.07, 6.45) is 4.27. The highest BCUT2D eigenvalue weighted by Gasteiger charge is 2.35. The van der Waals surface area contributed by atoms with E-state index in [4.69, 9.17) is 0 Å². The van der Waals surface area contributed by atoms with Gasteiger partial charge in [0.15, 0.2) is 0 Å². The van der Waals surface area contributed by atoms with Crippen molar-refractivity contribution in [3.8, 4) is 0 Å². The first-order valence-corrected chi connectivity index (χ1v) is 9.20. The minimum Gasteiger partial charge on any atom is -0.0683 e. The fourth-order valence-electron chi connectivity index (χ4n) is 2.89. The molecule has 0 aliphatic heterocycles. The third-order valence-corrected chi connectivity index (χ3v) is 3.85. The van der Waals surface area contributed by atoms with Crippen molar-refractivity contribution in [1.82, 2.24) is 0 Å². The Kier molecular flexibility index (Phi) is 33.3. The Morgan fingerprint density at radius 1 is 0.684 bits per heavy atom. The van der Waals surface area contributed by atoms with Gasteiger partial charge in [-0.1, -0.05) is 95.9 Å². The molecule has 4 unspecified atom stereocenters. The number of hydrogen-bond donors (Lipinski definition) is 0. The molecule has 0 heterocycles. The van der Waals surface area contributed by atoms with Gasteiger partial charge in [0.1, 0.15) is 0 Å². The molecule has 0 saturated heterocycles. The molecule has 0 amide bonds. The minimum atomic E-state index is 0.977. The van der Waals surface area contributed by atoms with Crippen molar-refractivity contribution in [2.24, 2.45) is 23.7 Å². The van der Waals surface area contributed by atoms with Gasteiger partial charge < -0.3 is 0 Å². The highest BCUT2D eigenvalue weighted by Crippen LogP contribution is 2.44. The Hall–Kier alpha value is 0. The zero-order valence-corrected chi connectivity index (χ0v) is 16.4. The average molecular weight is 275 g/mol. The summed E-state index contributed by atoms with van der Waals surface area (Å²) < 4.78 is 0. The van der Waals surface area contributed by atoms with Gasteiger partial charge in [0.2, 0.25) is 0 Å². The lowest BCUT2D eigenvalue weighted by Gasteiger charge is -2.20. The summed E-state index contributed by atoms with van der Waals surface area (Å²) in [5.41, 5.74) is 0. The third kappa shape index (κ3) is 11.5. The van der Waals surface area contributed by atoms with Gasteiger partial charge in [-0.2, -0.15) is 0 Å². The van der Waals surface area contributed by atoms with E-state index in [1.165, 1.54) is 19.3 Å². The standard InChI is InChI=1S/C11H22.4C2H6/c1-5-10-7-8(3)9(4)11(10)6-2;4*1-2/h8-11H,5-7H2,1-4H3;4*1-2H3. The second-order valence-electron chi connectivity index (χ2n) is 4.31. The van der Waals surface area contributed by atoms with E-state index in [0.29, 0.717) is 0 Å².